The number of hydrogen-bond donors (Lipinski definition) is 1. The van der Waals surface area contributed by atoms with Crippen LogP contribution in [0.5, 0.6) is 11.5 Å². The lowest BCUT2D eigenvalue weighted by Crippen LogP contribution is -2.29. The van der Waals surface area contributed by atoms with Crippen molar-refractivity contribution in [1.82, 2.24) is 5.32 Å². The molecule has 7 heteroatoms. The van der Waals surface area contributed by atoms with E-state index >= 15 is 0 Å². The Balaban J connectivity index is 2.18. The van der Waals surface area contributed by atoms with Gasteiger partial charge in [-0.1, -0.05) is 34.1 Å². The van der Waals surface area contributed by atoms with Crippen molar-refractivity contribution in [2.45, 2.75) is 26.3 Å². The van der Waals surface area contributed by atoms with E-state index in [1.54, 1.807) is 18.2 Å². The van der Waals surface area contributed by atoms with Crippen LogP contribution in [0.4, 0.5) is 4.39 Å². The van der Waals surface area contributed by atoms with Crippen molar-refractivity contribution < 1.29 is 18.7 Å². The summed E-state index contributed by atoms with van der Waals surface area (Å²) in [6.07, 6.45) is -0.000302. The first kappa shape index (κ1) is 20.7. The molecule has 27 heavy (non-hydrogen) atoms. The van der Waals surface area contributed by atoms with Crippen LogP contribution in [0.15, 0.2) is 40.9 Å². The van der Waals surface area contributed by atoms with Crippen molar-refractivity contribution in [2.24, 2.45) is 0 Å². The molecule has 0 saturated carbocycles. The maximum atomic E-state index is 13.9. The largest absolute Gasteiger partial charge is 0.490 e. The van der Waals surface area contributed by atoms with Gasteiger partial charge in [-0.15, -0.1) is 0 Å². The summed E-state index contributed by atoms with van der Waals surface area (Å²) >= 11 is 3.43. The number of amides is 1. The first-order valence-electron chi connectivity index (χ1n) is 8.51. The van der Waals surface area contributed by atoms with E-state index in [-0.39, 0.29) is 12.0 Å². The highest BCUT2D eigenvalue weighted by Crippen LogP contribution is 2.34. The summed E-state index contributed by atoms with van der Waals surface area (Å²) in [4.78, 5) is 12.4. The van der Waals surface area contributed by atoms with Crippen LogP contribution in [0.3, 0.4) is 0 Å². The molecule has 0 aliphatic rings. The van der Waals surface area contributed by atoms with Crippen LogP contribution >= 0.6 is 15.9 Å². The van der Waals surface area contributed by atoms with Gasteiger partial charge < -0.3 is 14.8 Å². The van der Waals surface area contributed by atoms with Gasteiger partial charge in [0.15, 0.2) is 11.5 Å². The molecule has 0 aromatic heterocycles. The first-order valence-corrected chi connectivity index (χ1v) is 9.30. The molecular formula is C20H20BrFN2O3. The highest BCUT2D eigenvalue weighted by atomic mass is 79.9. The van der Waals surface area contributed by atoms with E-state index in [1.165, 1.54) is 18.2 Å². The molecule has 2 aromatic rings. The number of carbonyl (C=O) groups excluding carboxylic acids is 1. The summed E-state index contributed by atoms with van der Waals surface area (Å²) < 4.78 is 25.7. The fraction of sp³-hybridized carbons (Fsp3) is 0.300. The van der Waals surface area contributed by atoms with E-state index in [4.69, 9.17) is 9.47 Å². The van der Waals surface area contributed by atoms with E-state index in [9.17, 15) is 14.4 Å². The molecule has 2 rings (SSSR count). The normalized spacial score (nSPS) is 11.4. The van der Waals surface area contributed by atoms with Crippen LogP contribution in [-0.4, -0.2) is 19.1 Å². The predicted octanol–water partition coefficient (Wildman–Crippen LogP) is 4.31. The van der Waals surface area contributed by atoms with Crippen molar-refractivity contribution in [1.29, 1.82) is 5.26 Å². The Morgan fingerprint density at radius 3 is 2.44 bits per heavy atom. The molecule has 2 aromatic carbocycles. The van der Waals surface area contributed by atoms with E-state index in [0.717, 1.165) is 0 Å². The molecule has 142 valence electrons. The second kappa shape index (κ2) is 9.93. The van der Waals surface area contributed by atoms with Gasteiger partial charge >= 0.3 is 0 Å². The molecule has 0 radical (unpaired) electrons. The number of nitriles is 1. The van der Waals surface area contributed by atoms with Crippen molar-refractivity contribution >= 4 is 21.8 Å². The summed E-state index contributed by atoms with van der Waals surface area (Å²) in [5.41, 5.74) is 0.804. The zero-order valence-electron chi connectivity index (χ0n) is 15.1. The molecule has 1 unspecified atom stereocenters. The third-order valence-corrected chi connectivity index (χ3v) is 4.45. The second-order valence-electron chi connectivity index (χ2n) is 5.58. The molecule has 5 nitrogen and oxygen atoms in total. The Kier molecular flexibility index (Phi) is 7.62. The van der Waals surface area contributed by atoms with E-state index < -0.39 is 17.8 Å². The van der Waals surface area contributed by atoms with Gasteiger partial charge in [0.05, 0.1) is 25.7 Å². The Bertz CT molecular complexity index is 852. The Hall–Kier alpha value is -2.59. The molecule has 0 saturated heterocycles. The van der Waals surface area contributed by atoms with Crippen LogP contribution < -0.4 is 14.8 Å². The first-order chi connectivity index (χ1) is 13.0. The smallest absolute Gasteiger partial charge is 0.225 e. The molecular weight excluding hydrogens is 415 g/mol. The fourth-order valence-electron chi connectivity index (χ4n) is 2.52. The molecule has 0 heterocycles. The highest BCUT2D eigenvalue weighted by Gasteiger charge is 2.19. The van der Waals surface area contributed by atoms with Crippen LogP contribution in [0.25, 0.3) is 0 Å². The Morgan fingerprint density at radius 1 is 1.22 bits per heavy atom. The van der Waals surface area contributed by atoms with Gasteiger partial charge in [-0.25, -0.2) is 4.39 Å². The molecule has 0 spiro atoms. The zero-order valence-corrected chi connectivity index (χ0v) is 16.7. The second-order valence-corrected chi connectivity index (χ2v) is 6.44. The predicted molar refractivity (Wildman–Crippen MR) is 103 cm³/mol. The van der Waals surface area contributed by atoms with Crippen molar-refractivity contribution in [3.8, 4) is 17.6 Å². The van der Waals surface area contributed by atoms with Crippen molar-refractivity contribution in [2.75, 3.05) is 13.2 Å². The van der Waals surface area contributed by atoms with Gasteiger partial charge in [0.25, 0.3) is 0 Å². The summed E-state index contributed by atoms with van der Waals surface area (Å²) in [5, 5.41) is 11.9. The Labute approximate surface area is 166 Å². The van der Waals surface area contributed by atoms with Gasteiger partial charge in [0, 0.05) is 10.0 Å². The monoisotopic (exact) mass is 434 g/mol. The van der Waals surface area contributed by atoms with Crippen LogP contribution in [0, 0.1) is 17.1 Å². The Morgan fingerprint density at radius 2 is 1.85 bits per heavy atom. The van der Waals surface area contributed by atoms with Gasteiger partial charge in [0.2, 0.25) is 5.91 Å². The lowest BCUT2D eigenvalue weighted by atomic mass is 10.1. The number of ether oxygens (including phenoxy) is 2. The van der Waals surface area contributed by atoms with E-state index in [2.05, 4.69) is 21.2 Å². The number of nitrogens with zero attached hydrogens (tertiary/aromatic N) is 1. The van der Waals surface area contributed by atoms with Crippen molar-refractivity contribution in [3.63, 3.8) is 0 Å². The van der Waals surface area contributed by atoms with Gasteiger partial charge in [-0.05, 0) is 37.6 Å². The highest BCUT2D eigenvalue weighted by molar-refractivity contribution is 9.10. The fourth-order valence-corrected chi connectivity index (χ4v) is 2.99. The molecule has 0 aliphatic carbocycles. The maximum absolute atomic E-state index is 13.9. The van der Waals surface area contributed by atoms with Crippen LogP contribution in [0.1, 0.15) is 31.0 Å². The lowest BCUT2D eigenvalue weighted by molar-refractivity contribution is -0.120. The van der Waals surface area contributed by atoms with E-state index in [1.807, 2.05) is 19.9 Å². The average molecular weight is 435 g/mol. The van der Waals surface area contributed by atoms with Gasteiger partial charge in [0.1, 0.15) is 11.9 Å². The number of nitrogens with one attached hydrogen (secondary N) is 1. The number of hydrogen-bond acceptors (Lipinski definition) is 4. The number of carbonyl (C=O) groups is 1. The average Bonchev–Trinajstić information content (AvgIpc) is 2.64. The lowest BCUT2D eigenvalue weighted by Gasteiger charge is -2.16. The molecule has 0 aliphatic heterocycles. The minimum absolute atomic E-state index is 0.000302. The third kappa shape index (κ3) is 5.44. The standard InChI is InChI=1S/C20H20BrFN2O3/c1-3-26-18-9-13(15(21)11-19(18)27-4-2)10-20(25)24-17(12-23)14-7-5-6-8-16(14)22/h5-9,11,17H,3-4,10H2,1-2H3,(H,24,25). The van der Waals surface area contributed by atoms with Gasteiger partial charge in [-0.3, -0.25) is 4.79 Å². The SMILES string of the molecule is CCOc1cc(Br)c(CC(=O)NC(C#N)c2ccccc2F)cc1OCC. The quantitative estimate of drug-likeness (QED) is 0.671. The number of rotatable bonds is 8. The zero-order chi connectivity index (χ0) is 19.8. The summed E-state index contributed by atoms with van der Waals surface area (Å²) in [5.74, 6) is 0.176. The topological polar surface area (TPSA) is 71.3 Å². The van der Waals surface area contributed by atoms with Crippen molar-refractivity contribution in [3.05, 3.63) is 57.8 Å². The van der Waals surface area contributed by atoms with Crippen LogP contribution in [-0.2, 0) is 11.2 Å². The minimum atomic E-state index is -1.06. The molecule has 0 bridgehead atoms. The number of benzene rings is 2. The van der Waals surface area contributed by atoms with E-state index in [0.29, 0.717) is 34.7 Å². The summed E-state index contributed by atoms with van der Waals surface area (Å²) in [6, 6.07) is 10.2. The molecule has 0 fully saturated rings. The summed E-state index contributed by atoms with van der Waals surface area (Å²) in [6.45, 7) is 4.67. The van der Waals surface area contributed by atoms with Crippen LogP contribution in [0.2, 0.25) is 0 Å². The third-order valence-electron chi connectivity index (χ3n) is 3.71. The minimum Gasteiger partial charge on any atom is -0.490 e. The molecule has 1 amide bonds. The van der Waals surface area contributed by atoms with Gasteiger partial charge in [-0.2, -0.15) is 5.26 Å². The maximum Gasteiger partial charge on any atom is 0.225 e. The molecule has 1 atom stereocenters. The molecule has 1 N–H and O–H groups in total. The summed E-state index contributed by atoms with van der Waals surface area (Å²) in [7, 11) is 0. The number of halogens is 2.